The molecule has 2 aromatic carbocycles. The van der Waals surface area contributed by atoms with E-state index in [9.17, 15) is 13.2 Å². The van der Waals surface area contributed by atoms with Crippen molar-refractivity contribution < 1.29 is 17.7 Å². The Hall–Kier alpha value is -2.93. The molecule has 3 aromatic rings. The van der Waals surface area contributed by atoms with Crippen molar-refractivity contribution in [3.05, 3.63) is 72.5 Å². The summed E-state index contributed by atoms with van der Waals surface area (Å²) < 4.78 is 30.8. The van der Waals surface area contributed by atoms with E-state index in [2.05, 4.69) is 10.5 Å². The fourth-order valence-electron chi connectivity index (χ4n) is 4.04. The molecule has 1 aliphatic carbocycles. The highest BCUT2D eigenvalue weighted by molar-refractivity contribution is 7.93. The van der Waals surface area contributed by atoms with E-state index in [4.69, 9.17) is 4.52 Å². The smallest absolute Gasteiger partial charge is 0.242 e. The molecule has 0 unspecified atom stereocenters. The molecule has 0 aliphatic heterocycles. The number of rotatable bonds is 6. The van der Waals surface area contributed by atoms with Crippen LogP contribution in [0.25, 0.3) is 11.3 Å². The van der Waals surface area contributed by atoms with Crippen LogP contribution in [0.1, 0.15) is 37.9 Å². The van der Waals surface area contributed by atoms with Crippen molar-refractivity contribution in [1.82, 2.24) is 10.5 Å². The van der Waals surface area contributed by atoms with E-state index in [0.717, 1.165) is 12.0 Å². The Morgan fingerprint density at radius 1 is 0.967 bits per heavy atom. The number of amides is 1. The fraction of sp³-hybridized carbons (Fsp3) is 0.304. The number of nitrogens with one attached hydrogen (secondary N) is 1. The molecule has 6 nitrogen and oxygen atoms in total. The zero-order valence-electron chi connectivity index (χ0n) is 16.6. The SMILES string of the molecule is O=C(NCc1cc(-c2ccccc2)no1)C1(S(=O)(=O)c2ccccc2)CCCCC1. The Morgan fingerprint density at radius 2 is 1.60 bits per heavy atom. The highest BCUT2D eigenvalue weighted by Gasteiger charge is 2.51. The first kappa shape index (κ1) is 20.3. The molecule has 1 aliphatic rings. The Kier molecular flexibility index (Phi) is 5.72. The fourth-order valence-corrected chi connectivity index (χ4v) is 6.14. The van der Waals surface area contributed by atoms with Gasteiger partial charge in [0.05, 0.1) is 11.4 Å². The van der Waals surface area contributed by atoms with Gasteiger partial charge in [0.25, 0.3) is 0 Å². The van der Waals surface area contributed by atoms with Crippen molar-refractivity contribution in [2.24, 2.45) is 0 Å². The van der Waals surface area contributed by atoms with Crippen LogP contribution in [0.3, 0.4) is 0 Å². The van der Waals surface area contributed by atoms with Crippen molar-refractivity contribution in [2.45, 2.75) is 48.3 Å². The van der Waals surface area contributed by atoms with Gasteiger partial charge in [-0.2, -0.15) is 0 Å². The average Bonchev–Trinajstić information content (AvgIpc) is 3.28. The van der Waals surface area contributed by atoms with Crippen molar-refractivity contribution in [1.29, 1.82) is 0 Å². The van der Waals surface area contributed by atoms with E-state index in [0.29, 0.717) is 37.1 Å². The lowest BCUT2D eigenvalue weighted by Gasteiger charge is -2.35. The van der Waals surface area contributed by atoms with Crippen molar-refractivity contribution >= 4 is 15.7 Å². The van der Waals surface area contributed by atoms with Crippen LogP contribution < -0.4 is 5.32 Å². The van der Waals surface area contributed by atoms with E-state index in [1.807, 2.05) is 30.3 Å². The van der Waals surface area contributed by atoms with Crippen molar-refractivity contribution in [2.75, 3.05) is 0 Å². The van der Waals surface area contributed by atoms with Crippen LogP contribution in [0, 0.1) is 0 Å². The highest BCUT2D eigenvalue weighted by Crippen LogP contribution is 2.39. The molecule has 1 saturated carbocycles. The Morgan fingerprint density at radius 3 is 2.27 bits per heavy atom. The topological polar surface area (TPSA) is 89.3 Å². The molecule has 1 N–H and O–H groups in total. The molecule has 1 heterocycles. The summed E-state index contributed by atoms with van der Waals surface area (Å²) in [5.74, 6) is 0.00832. The maximum Gasteiger partial charge on any atom is 0.242 e. The number of aromatic nitrogens is 1. The molecule has 7 heteroatoms. The van der Waals surface area contributed by atoms with Gasteiger partial charge in [-0.15, -0.1) is 0 Å². The molecule has 1 fully saturated rings. The van der Waals surface area contributed by atoms with Gasteiger partial charge in [0.2, 0.25) is 5.91 Å². The maximum atomic E-state index is 13.5. The number of carbonyl (C=O) groups excluding carboxylic acids is 1. The first-order valence-electron chi connectivity index (χ1n) is 10.1. The Bertz CT molecular complexity index is 1100. The summed E-state index contributed by atoms with van der Waals surface area (Å²) >= 11 is 0. The molecule has 4 rings (SSSR count). The maximum absolute atomic E-state index is 13.5. The summed E-state index contributed by atoms with van der Waals surface area (Å²) in [6.45, 7) is 0.0880. The van der Waals surface area contributed by atoms with E-state index in [-0.39, 0.29) is 11.4 Å². The molecule has 156 valence electrons. The largest absolute Gasteiger partial charge is 0.359 e. The summed E-state index contributed by atoms with van der Waals surface area (Å²) in [6, 6.07) is 19.6. The van der Waals surface area contributed by atoms with Gasteiger partial charge in [-0.1, -0.05) is 73.0 Å². The molecule has 1 aromatic heterocycles. The van der Waals surface area contributed by atoms with Crippen LogP contribution in [0.15, 0.2) is 76.1 Å². The second-order valence-electron chi connectivity index (χ2n) is 7.60. The Balaban J connectivity index is 1.55. The summed E-state index contributed by atoms with van der Waals surface area (Å²) in [4.78, 5) is 13.4. The molecule has 0 radical (unpaired) electrons. The molecule has 0 spiro atoms. The third-order valence-electron chi connectivity index (χ3n) is 5.69. The summed E-state index contributed by atoms with van der Waals surface area (Å²) in [5, 5.41) is 6.84. The van der Waals surface area contributed by atoms with E-state index in [1.54, 1.807) is 36.4 Å². The highest BCUT2D eigenvalue weighted by atomic mass is 32.2. The normalized spacial score (nSPS) is 16.1. The summed E-state index contributed by atoms with van der Waals surface area (Å²) in [7, 11) is -3.82. The van der Waals surface area contributed by atoms with Crippen LogP contribution in [0.5, 0.6) is 0 Å². The van der Waals surface area contributed by atoms with Crippen molar-refractivity contribution in [3.8, 4) is 11.3 Å². The number of carbonyl (C=O) groups is 1. The van der Waals surface area contributed by atoms with Gasteiger partial charge in [0.15, 0.2) is 20.3 Å². The Labute approximate surface area is 176 Å². The third-order valence-corrected chi connectivity index (χ3v) is 8.21. The molecule has 1 amide bonds. The lowest BCUT2D eigenvalue weighted by atomic mass is 9.87. The molecule has 0 bridgehead atoms. The number of sulfone groups is 1. The number of hydrogen-bond donors (Lipinski definition) is 1. The second kappa shape index (κ2) is 8.44. The van der Waals surface area contributed by atoms with E-state index < -0.39 is 20.5 Å². The molecule has 0 atom stereocenters. The minimum atomic E-state index is -3.82. The van der Waals surface area contributed by atoms with Crippen LogP contribution in [0.4, 0.5) is 0 Å². The molecule has 0 saturated heterocycles. The quantitative estimate of drug-likeness (QED) is 0.642. The summed E-state index contributed by atoms with van der Waals surface area (Å²) in [5.41, 5.74) is 1.58. The van der Waals surface area contributed by atoms with Crippen LogP contribution in [-0.4, -0.2) is 24.2 Å². The zero-order valence-corrected chi connectivity index (χ0v) is 17.4. The summed E-state index contributed by atoms with van der Waals surface area (Å²) in [6.07, 6.45) is 2.99. The third kappa shape index (κ3) is 3.77. The number of nitrogens with zero attached hydrogens (tertiary/aromatic N) is 1. The minimum Gasteiger partial charge on any atom is -0.359 e. The number of hydrogen-bond acceptors (Lipinski definition) is 5. The average molecular weight is 425 g/mol. The van der Waals surface area contributed by atoms with Crippen molar-refractivity contribution in [3.63, 3.8) is 0 Å². The van der Waals surface area contributed by atoms with E-state index >= 15 is 0 Å². The van der Waals surface area contributed by atoms with Gasteiger partial charge < -0.3 is 9.84 Å². The van der Waals surface area contributed by atoms with Crippen LogP contribution >= 0.6 is 0 Å². The van der Waals surface area contributed by atoms with E-state index in [1.165, 1.54) is 0 Å². The van der Waals surface area contributed by atoms with Gasteiger partial charge in [0, 0.05) is 11.6 Å². The van der Waals surface area contributed by atoms with Gasteiger partial charge >= 0.3 is 0 Å². The van der Waals surface area contributed by atoms with Crippen LogP contribution in [-0.2, 0) is 21.2 Å². The first-order chi connectivity index (χ1) is 14.5. The van der Waals surface area contributed by atoms with Gasteiger partial charge in [-0.3, -0.25) is 4.79 Å². The number of benzene rings is 2. The van der Waals surface area contributed by atoms with Gasteiger partial charge in [-0.25, -0.2) is 8.42 Å². The van der Waals surface area contributed by atoms with Crippen LogP contribution in [0.2, 0.25) is 0 Å². The lowest BCUT2D eigenvalue weighted by Crippen LogP contribution is -2.53. The first-order valence-corrected chi connectivity index (χ1v) is 11.6. The predicted molar refractivity (Wildman–Crippen MR) is 113 cm³/mol. The standard InChI is InChI=1S/C23H24N2O4S/c26-22(24-17-19-16-21(25-29-19)18-10-4-1-5-11-18)23(14-8-3-9-15-23)30(27,28)20-12-6-2-7-13-20/h1-2,4-7,10-13,16H,3,8-9,14-15,17H2,(H,24,26). The minimum absolute atomic E-state index is 0.0880. The predicted octanol–water partition coefficient (Wildman–Crippen LogP) is 4.13. The molecule has 30 heavy (non-hydrogen) atoms. The lowest BCUT2D eigenvalue weighted by molar-refractivity contribution is -0.124. The van der Waals surface area contributed by atoms with Gasteiger partial charge in [0.1, 0.15) is 5.69 Å². The molecular formula is C23H24N2O4S. The van der Waals surface area contributed by atoms with Gasteiger partial charge in [-0.05, 0) is 25.0 Å². The zero-order chi connectivity index (χ0) is 21.0. The monoisotopic (exact) mass is 424 g/mol. The molecular weight excluding hydrogens is 400 g/mol. The second-order valence-corrected chi connectivity index (χ2v) is 9.86.